The molecule has 0 radical (unpaired) electrons. The Morgan fingerprint density at radius 1 is 1.00 bits per heavy atom. The molecule has 0 aromatic heterocycles. The summed E-state index contributed by atoms with van der Waals surface area (Å²) in [6, 6.07) is 2.41. The van der Waals surface area contributed by atoms with Crippen LogP contribution in [0.2, 0.25) is 0 Å². The Morgan fingerprint density at radius 3 is 2.38 bits per heavy atom. The maximum absolute atomic E-state index is 13.4. The highest BCUT2D eigenvalue weighted by molar-refractivity contribution is 5.85. The van der Waals surface area contributed by atoms with Crippen LogP contribution in [0.25, 0.3) is 11.1 Å². The average Bonchev–Trinajstić information content (AvgIpc) is 2.61. The van der Waals surface area contributed by atoms with Gasteiger partial charge in [0.15, 0.2) is 0 Å². The van der Waals surface area contributed by atoms with Crippen LogP contribution in [0.1, 0.15) is 42.4 Å². The zero-order valence-corrected chi connectivity index (χ0v) is 13.5. The van der Waals surface area contributed by atoms with Gasteiger partial charge in [-0.1, -0.05) is 36.5 Å². The van der Waals surface area contributed by atoms with Crippen molar-refractivity contribution in [2.45, 2.75) is 31.9 Å². The zero-order chi connectivity index (χ0) is 17.2. The maximum Gasteiger partial charge on any atom is 0.416 e. The smallest absolute Gasteiger partial charge is 0.416 e. The normalized spacial score (nSPS) is 17.5. The van der Waals surface area contributed by atoms with Crippen molar-refractivity contribution in [1.82, 2.24) is 0 Å². The molecule has 126 valence electrons. The molecule has 0 aliphatic heterocycles. The van der Waals surface area contributed by atoms with Crippen LogP contribution in [0, 0.1) is 0 Å². The van der Waals surface area contributed by atoms with Gasteiger partial charge in [-0.25, -0.2) is 0 Å². The molecule has 4 heteroatoms. The second-order valence-corrected chi connectivity index (χ2v) is 5.90. The first-order valence-corrected chi connectivity index (χ1v) is 8.03. The third kappa shape index (κ3) is 3.32. The number of hydrogen-bond acceptors (Lipinski definition) is 1. The average molecular weight is 332 g/mol. The fourth-order valence-corrected chi connectivity index (χ4v) is 3.11. The molecule has 0 fully saturated rings. The largest absolute Gasteiger partial charge is 0.495 e. The molecule has 0 saturated carbocycles. The third-order valence-electron chi connectivity index (χ3n) is 4.29. The fraction of sp³-hybridized carbons (Fsp3) is 0.300. The van der Waals surface area contributed by atoms with Gasteiger partial charge in [0.2, 0.25) is 0 Å². The molecule has 0 unspecified atom stereocenters. The summed E-state index contributed by atoms with van der Waals surface area (Å²) in [6.45, 7) is 0. The van der Waals surface area contributed by atoms with E-state index in [2.05, 4.69) is 0 Å². The van der Waals surface area contributed by atoms with Crippen LogP contribution in [0.15, 0.2) is 48.6 Å². The molecule has 1 nitrogen and oxygen atoms in total. The predicted molar refractivity (Wildman–Crippen MR) is 90.7 cm³/mol. The van der Waals surface area contributed by atoms with Crippen molar-refractivity contribution in [1.29, 1.82) is 0 Å². The van der Waals surface area contributed by atoms with Gasteiger partial charge < -0.3 is 4.74 Å². The third-order valence-corrected chi connectivity index (χ3v) is 4.29. The van der Waals surface area contributed by atoms with Crippen LogP contribution < -0.4 is 4.74 Å². The van der Waals surface area contributed by atoms with E-state index in [-0.39, 0.29) is 0 Å². The number of hydrogen-bond donors (Lipinski definition) is 0. The Morgan fingerprint density at radius 2 is 1.79 bits per heavy atom. The lowest BCUT2D eigenvalue weighted by Gasteiger charge is -2.21. The van der Waals surface area contributed by atoms with Crippen LogP contribution in [0.3, 0.4) is 0 Å². The van der Waals surface area contributed by atoms with Gasteiger partial charge in [-0.3, -0.25) is 0 Å². The van der Waals surface area contributed by atoms with E-state index < -0.39 is 11.7 Å². The van der Waals surface area contributed by atoms with Crippen LogP contribution in [-0.4, -0.2) is 7.11 Å². The summed E-state index contributed by atoms with van der Waals surface area (Å²) in [7, 11) is 1.52. The van der Waals surface area contributed by atoms with E-state index in [0.717, 1.165) is 30.4 Å². The van der Waals surface area contributed by atoms with E-state index in [1.54, 1.807) is 0 Å². The van der Waals surface area contributed by atoms with E-state index in [1.165, 1.54) is 19.2 Å². The summed E-state index contributed by atoms with van der Waals surface area (Å²) in [6.07, 6.45) is 10.5. The van der Waals surface area contributed by atoms with E-state index >= 15 is 0 Å². The number of halogens is 3. The molecule has 2 aliphatic rings. The molecule has 2 aliphatic carbocycles. The van der Waals surface area contributed by atoms with E-state index in [0.29, 0.717) is 23.3 Å². The molecule has 3 rings (SSSR count). The lowest BCUT2D eigenvalue weighted by Crippen LogP contribution is -2.09. The summed E-state index contributed by atoms with van der Waals surface area (Å²) in [5.74, 6) is 0.516. The van der Waals surface area contributed by atoms with Crippen molar-refractivity contribution >= 4 is 11.1 Å². The summed E-state index contributed by atoms with van der Waals surface area (Å²) < 4.78 is 45.8. The molecule has 1 aromatic rings. The Labute approximate surface area is 139 Å². The Hall–Kier alpha value is -2.23. The highest BCUT2D eigenvalue weighted by atomic mass is 19.4. The first-order chi connectivity index (χ1) is 11.5. The Bertz CT molecular complexity index is 749. The second-order valence-electron chi connectivity index (χ2n) is 5.90. The quantitative estimate of drug-likeness (QED) is 0.642. The SMILES string of the molecule is COc1c(C2=CCCC=C2)cc(C(F)(F)F)cc1C1=CC=CCC1. The van der Waals surface area contributed by atoms with Gasteiger partial charge in [0.25, 0.3) is 0 Å². The van der Waals surface area contributed by atoms with Gasteiger partial charge in [-0.15, -0.1) is 0 Å². The molecule has 0 N–H and O–H groups in total. The number of rotatable bonds is 3. The highest BCUT2D eigenvalue weighted by Gasteiger charge is 2.33. The first kappa shape index (κ1) is 16.6. The molecule has 1 aromatic carbocycles. The number of benzene rings is 1. The number of ether oxygens (including phenoxy) is 1. The first-order valence-electron chi connectivity index (χ1n) is 8.03. The van der Waals surface area contributed by atoms with Crippen LogP contribution in [-0.2, 0) is 6.18 Å². The van der Waals surface area contributed by atoms with Crippen molar-refractivity contribution in [3.05, 3.63) is 65.3 Å². The second kappa shape index (κ2) is 6.71. The van der Waals surface area contributed by atoms with Crippen LogP contribution in [0.5, 0.6) is 5.75 Å². The van der Waals surface area contributed by atoms with E-state index in [9.17, 15) is 13.2 Å². The van der Waals surface area contributed by atoms with E-state index in [1.807, 2.05) is 36.5 Å². The Kier molecular flexibility index (Phi) is 4.65. The Balaban J connectivity index is 2.23. The van der Waals surface area contributed by atoms with Gasteiger partial charge in [0.05, 0.1) is 12.7 Å². The number of methoxy groups -OCH3 is 1. The van der Waals surface area contributed by atoms with Crippen molar-refractivity contribution in [3.63, 3.8) is 0 Å². The lowest BCUT2D eigenvalue weighted by atomic mass is 9.89. The van der Waals surface area contributed by atoms with Crippen molar-refractivity contribution in [2.24, 2.45) is 0 Å². The molecule has 0 heterocycles. The number of allylic oxidation sites excluding steroid dienone is 8. The van der Waals surface area contributed by atoms with Gasteiger partial charge >= 0.3 is 6.18 Å². The molecule has 0 bridgehead atoms. The van der Waals surface area contributed by atoms with Gasteiger partial charge in [0, 0.05) is 11.1 Å². The molecule has 24 heavy (non-hydrogen) atoms. The predicted octanol–water partition coefficient (Wildman–Crippen LogP) is 6.18. The minimum Gasteiger partial charge on any atom is -0.495 e. The molecule has 0 amide bonds. The minimum atomic E-state index is -4.39. The minimum absolute atomic E-state index is 0.508. The summed E-state index contributed by atoms with van der Waals surface area (Å²) >= 11 is 0. The standard InChI is InChI=1S/C20H19F3O/c1-24-19-17(14-8-4-2-5-9-14)12-16(20(21,22)23)13-18(19)15-10-6-3-7-11-15/h2,4,6,8,10-13H,3,5,7,9H2,1H3. The maximum atomic E-state index is 13.4. The molecule has 0 saturated heterocycles. The van der Waals surface area contributed by atoms with Gasteiger partial charge in [0.1, 0.15) is 5.75 Å². The van der Waals surface area contributed by atoms with E-state index in [4.69, 9.17) is 4.74 Å². The summed E-state index contributed by atoms with van der Waals surface area (Å²) in [5.41, 5.74) is 2.07. The summed E-state index contributed by atoms with van der Waals surface area (Å²) in [5, 5.41) is 0. The van der Waals surface area contributed by atoms with Crippen molar-refractivity contribution < 1.29 is 17.9 Å². The highest BCUT2D eigenvalue weighted by Crippen LogP contribution is 2.42. The fourth-order valence-electron chi connectivity index (χ4n) is 3.11. The number of alkyl halides is 3. The summed E-state index contributed by atoms with van der Waals surface area (Å²) in [4.78, 5) is 0. The zero-order valence-electron chi connectivity index (χ0n) is 13.5. The van der Waals surface area contributed by atoms with Gasteiger partial charge in [-0.05, 0) is 49.0 Å². The van der Waals surface area contributed by atoms with Gasteiger partial charge in [-0.2, -0.15) is 13.2 Å². The molecule has 0 atom stereocenters. The molecular weight excluding hydrogens is 313 g/mol. The molecule has 0 spiro atoms. The van der Waals surface area contributed by atoms with Crippen molar-refractivity contribution in [3.8, 4) is 5.75 Å². The monoisotopic (exact) mass is 332 g/mol. The lowest BCUT2D eigenvalue weighted by molar-refractivity contribution is -0.137. The topological polar surface area (TPSA) is 9.23 Å². The van der Waals surface area contributed by atoms with Crippen LogP contribution >= 0.6 is 0 Å². The van der Waals surface area contributed by atoms with Crippen LogP contribution in [0.4, 0.5) is 13.2 Å². The molecular formula is C20H19F3O. The van der Waals surface area contributed by atoms with Crippen molar-refractivity contribution in [2.75, 3.05) is 7.11 Å².